The molecule has 13 heteroatoms. The van der Waals surface area contributed by atoms with Crippen molar-refractivity contribution in [2.24, 2.45) is 5.10 Å². The predicted octanol–water partition coefficient (Wildman–Crippen LogP) is 5.01. The number of hydrogen-bond acceptors (Lipinski definition) is 6. The highest BCUT2D eigenvalue weighted by molar-refractivity contribution is 9.10. The smallest absolute Gasteiger partial charge is 0.329 e. The molecule has 0 aliphatic rings. The van der Waals surface area contributed by atoms with Crippen LogP contribution in [-0.4, -0.2) is 37.7 Å². The van der Waals surface area contributed by atoms with E-state index in [1.165, 1.54) is 43.7 Å². The van der Waals surface area contributed by atoms with Crippen molar-refractivity contribution in [3.05, 3.63) is 80.5 Å². The van der Waals surface area contributed by atoms with Gasteiger partial charge in [-0.3, -0.25) is 14.4 Å². The van der Waals surface area contributed by atoms with Gasteiger partial charge < -0.3 is 20.1 Å². The van der Waals surface area contributed by atoms with Crippen molar-refractivity contribution in [2.75, 3.05) is 24.4 Å². The predicted molar refractivity (Wildman–Crippen MR) is 142 cm³/mol. The van der Waals surface area contributed by atoms with Crippen LogP contribution in [0.25, 0.3) is 0 Å². The Morgan fingerprint density at radius 3 is 2.49 bits per heavy atom. The third-order valence-electron chi connectivity index (χ3n) is 4.51. The number of methoxy groups -OCH3 is 1. The molecule has 192 valence electrons. The molecule has 3 rings (SSSR count). The lowest BCUT2D eigenvalue weighted by atomic mass is 10.2. The molecule has 37 heavy (non-hydrogen) atoms. The number of carbonyl (C=O) groups is 3. The van der Waals surface area contributed by atoms with E-state index in [1.54, 1.807) is 18.2 Å². The Morgan fingerprint density at radius 2 is 1.78 bits per heavy atom. The number of rotatable bonds is 8. The molecular formula is C24H18BrCl2FN4O5. The third kappa shape index (κ3) is 7.91. The lowest BCUT2D eigenvalue weighted by Gasteiger charge is -2.13. The molecular weight excluding hydrogens is 594 g/mol. The molecule has 0 aliphatic heterocycles. The summed E-state index contributed by atoms with van der Waals surface area (Å²) < 4.78 is 25.0. The quantitative estimate of drug-likeness (QED) is 0.188. The van der Waals surface area contributed by atoms with Crippen LogP contribution in [0.5, 0.6) is 11.5 Å². The highest BCUT2D eigenvalue weighted by Gasteiger charge is 2.16. The van der Waals surface area contributed by atoms with Gasteiger partial charge in [0.2, 0.25) is 0 Å². The minimum absolute atomic E-state index is 0.137. The van der Waals surface area contributed by atoms with Gasteiger partial charge in [-0.25, -0.2) is 9.82 Å². The molecule has 0 saturated carbocycles. The van der Waals surface area contributed by atoms with Crippen LogP contribution in [0, 0.1) is 5.82 Å². The summed E-state index contributed by atoms with van der Waals surface area (Å²) in [6.07, 6.45) is 1.25. The van der Waals surface area contributed by atoms with Crippen molar-refractivity contribution in [1.29, 1.82) is 0 Å². The highest BCUT2D eigenvalue weighted by Crippen LogP contribution is 2.36. The number of anilines is 2. The maximum atomic E-state index is 13.6. The van der Waals surface area contributed by atoms with E-state index in [0.29, 0.717) is 25.8 Å². The number of para-hydroxylation sites is 1. The number of ether oxygens (including phenoxy) is 2. The molecule has 0 bridgehead atoms. The lowest BCUT2D eigenvalue weighted by molar-refractivity contribution is -0.136. The summed E-state index contributed by atoms with van der Waals surface area (Å²) in [5, 5.41) is 9.17. The first-order valence-corrected chi connectivity index (χ1v) is 11.9. The second-order valence-corrected chi connectivity index (χ2v) is 8.80. The van der Waals surface area contributed by atoms with E-state index in [0.717, 1.165) is 6.07 Å². The Labute approximate surface area is 229 Å². The summed E-state index contributed by atoms with van der Waals surface area (Å²) in [4.78, 5) is 36.1. The number of hydrazone groups is 1. The number of benzene rings is 3. The number of amides is 3. The van der Waals surface area contributed by atoms with E-state index in [2.05, 4.69) is 37.1 Å². The van der Waals surface area contributed by atoms with Gasteiger partial charge in [0.05, 0.1) is 33.5 Å². The van der Waals surface area contributed by atoms with Gasteiger partial charge >= 0.3 is 11.8 Å². The number of nitrogens with one attached hydrogen (secondary N) is 3. The minimum Gasteiger partial charge on any atom is -0.493 e. The first-order chi connectivity index (χ1) is 17.7. The van der Waals surface area contributed by atoms with Gasteiger partial charge in [0.15, 0.2) is 18.1 Å². The van der Waals surface area contributed by atoms with Gasteiger partial charge in [0, 0.05) is 5.69 Å². The van der Waals surface area contributed by atoms with Crippen molar-refractivity contribution in [3.8, 4) is 11.5 Å². The van der Waals surface area contributed by atoms with Crippen LogP contribution >= 0.6 is 39.1 Å². The molecule has 0 saturated heterocycles. The van der Waals surface area contributed by atoms with Crippen LogP contribution in [0.3, 0.4) is 0 Å². The molecule has 0 spiro atoms. The number of carbonyl (C=O) groups excluding carboxylic acids is 3. The van der Waals surface area contributed by atoms with E-state index < -0.39 is 23.5 Å². The first kappa shape index (κ1) is 27.9. The zero-order chi connectivity index (χ0) is 26.9. The zero-order valence-electron chi connectivity index (χ0n) is 19.0. The SMILES string of the molecule is COc1cc(/C=N\NC(=O)C(=O)Nc2ccccc2F)cc(Br)c1OCC(=O)Nc1ccc(Cl)c(Cl)c1. The van der Waals surface area contributed by atoms with Gasteiger partial charge in [-0.05, 0) is 64.0 Å². The van der Waals surface area contributed by atoms with Crippen LogP contribution in [0.2, 0.25) is 10.0 Å². The average Bonchev–Trinajstić information content (AvgIpc) is 2.86. The highest BCUT2D eigenvalue weighted by atomic mass is 79.9. The van der Waals surface area contributed by atoms with Crippen LogP contribution in [-0.2, 0) is 14.4 Å². The minimum atomic E-state index is -1.10. The molecule has 0 aliphatic carbocycles. The van der Waals surface area contributed by atoms with Crippen LogP contribution in [0.1, 0.15) is 5.56 Å². The van der Waals surface area contributed by atoms with Crippen molar-refractivity contribution in [2.45, 2.75) is 0 Å². The first-order valence-electron chi connectivity index (χ1n) is 10.3. The summed E-state index contributed by atoms with van der Waals surface area (Å²) in [6.45, 7) is -0.337. The molecule has 3 N–H and O–H groups in total. The Morgan fingerprint density at radius 1 is 1.03 bits per heavy atom. The summed E-state index contributed by atoms with van der Waals surface area (Å²) in [5.41, 5.74) is 2.83. The fourth-order valence-corrected chi connectivity index (χ4v) is 3.69. The Bertz CT molecular complexity index is 1370. The van der Waals surface area contributed by atoms with Gasteiger partial charge in [-0.2, -0.15) is 5.10 Å². The Kier molecular flexibility index (Phi) is 9.84. The summed E-state index contributed by atoms with van der Waals surface area (Å²) in [5.74, 6) is -2.81. The number of nitrogens with zero attached hydrogens (tertiary/aromatic N) is 1. The van der Waals surface area contributed by atoms with Gasteiger partial charge in [-0.15, -0.1) is 0 Å². The number of hydrogen-bond donors (Lipinski definition) is 3. The fourth-order valence-electron chi connectivity index (χ4n) is 2.82. The van der Waals surface area contributed by atoms with E-state index >= 15 is 0 Å². The summed E-state index contributed by atoms with van der Waals surface area (Å²) >= 11 is 15.2. The van der Waals surface area contributed by atoms with Crippen molar-refractivity contribution < 1.29 is 28.2 Å². The third-order valence-corrected chi connectivity index (χ3v) is 5.84. The van der Waals surface area contributed by atoms with Gasteiger partial charge in [-0.1, -0.05) is 35.3 Å². The largest absolute Gasteiger partial charge is 0.493 e. The van der Waals surface area contributed by atoms with Crippen LogP contribution in [0.4, 0.5) is 15.8 Å². The Balaban J connectivity index is 1.59. The molecule has 3 aromatic rings. The van der Waals surface area contributed by atoms with Gasteiger partial charge in [0.1, 0.15) is 5.82 Å². The van der Waals surface area contributed by atoms with Crippen molar-refractivity contribution >= 4 is 74.4 Å². The molecule has 0 aromatic heterocycles. The van der Waals surface area contributed by atoms with E-state index in [4.69, 9.17) is 32.7 Å². The van der Waals surface area contributed by atoms with E-state index in [1.807, 2.05) is 0 Å². The molecule has 0 fully saturated rings. The van der Waals surface area contributed by atoms with E-state index in [9.17, 15) is 18.8 Å². The number of halogens is 4. The molecule has 3 aromatic carbocycles. The molecule has 3 amide bonds. The fraction of sp³-hybridized carbons (Fsp3) is 0.0833. The van der Waals surface area contributed by atoms with Crippen molar-refractivity contribution in [1.82, 2.24) is 5.43 Å². The Hall–Kier alpha value is -3.67. The van der Waals surface area contributed by atoms with E-state index in [-0.39, 0.29) is 23.8 Å². The normalized spacial score (nSPS) is 10.6. The zero-order valence-corrected chi connectivity index (χ0v) is 22.1. The van der Waals surface area contributed by atoms with Gasteiger partial charge in [0.25, 0.3) is 5.91 Å². The standard InChI is InChI=1S/C24H18BrCl2FN4O5/c1-36-20-9-13(11-29-32-24(35)23(34)31-19-5-3-2-4-18(19)28)8-15(25)22(20)37-12-21(33)30-14-6-7-16(26)17(27)10-14/h2-11H,12H2,1H3,(H,30,33)(H,31,34)(H,32,35)/b29-11-. The molecule has 0 unspecified atom stereocenters. The second kappa shape index (κ2) is 13.0. The molecule has 0 radical (unpaired) electrons. The van der Waals surface area contributed by atoms with Crippen LogP contribution in [0.15, 0.2) is 64.2 Å². The lowest BCUT2D eigenvalue weighted by Crippen LogP contribution is -2.32. The maximum Gasteiger partial charge on any atom is 0.329 e. The average molecular weight is 612 g/mol. The summed E-state index contributed by atoms with van der Waals surface area (Å²) in [7, 11) is 1.40. The summed E-state index contributed by atoms with van der Waals surface area (Å²) in [6, 6.07) is 13.2. The molecule has 0 heterocycles. The van der Waals surface area contributed by atoms with Crippen molar-refractivity contribution in [3.63, 3.8) is 0 Å². The topological polar surface area (TPSA) is 118 Å². The van der Waals surface area contributed by atoms with Crippen LogP contribution < -0.4 is 25.5 Å². The molecule has 0 atom stereocenters. The second-order valence-electron chi connectivity index (χ2n) is 7.13. The monoisotopic (exact) mass is 610 g/mol. The maximum absolute atomic E-state index is 13.6. The molecule has 9 nitrogen and oxygen atoms in total.